The van der Waals surface area contributed by atoms with E-state index < -0.39 is 0 Å². The predicted octanol–water partition coefficient (Wildman–Crippen LogP) is 9.67. The lowest BCUT2D eigenvalue weighted by Gasteiger charge is -2.16. The molecule has 2 aromatic heterocycles. The van der Waals surface area contributed by atoms with Crippen molar-refractivity contribution >= 4 is 54.3 Å². The van der Waals surface area contributed by atoms with Gasteiger partial charge in [0.05, 0.1) is 0 Å². The molecule has 7 aromatic carbocycles. The van der Waals surface area contributed by atoms with Crippen LogP contribution < -0.4 is 0 Å². The third kappa shape index (κ3) is 3.25. The summed E-state index contributed by atoms with van der Waals surface area (Å²) in [7, 11) is 0. The number of hydrogen-bond donors (Lipinski definition) is 0. The topological polar surface area (TPSA) is 51.8 Å². The zero-order valence-corrected chi connectivity index (χ0v) is 21.9. The minimum Gasteiger partial charge on any atom is -0.456 e. The standard InChI is InChI=1S/C37H21N3O/c1-3-11-22(12-4-1)35-38-36(23-13-5-2-6-14-23)40-37(39-35)28-21-24-15-7-8-16-25(24)31-26-17-9-19-29-33(26)34-27(32(28)31)18-10-20-30(34)41-29/h1-21H. The zero-order valence-electron chi connectivity index (χ0n) is 21.9. The molecule has 4 heteroatoms. The van der Waals surface area contributed by atoms with Crippen LogP contribution in [0.25, 0.3) is 88.4 Å². The van der Waals surface area contributed by atoms with Crippen LogP contribution in [-0.2, 0) is 0 Å². The van der Waals surface area contributed by atoms with Crippen molar-refractivity contribution in [2.45, 2.75) is 0 Å². The Kier molecular flexibility index (Phi) is 4.58. The van der Waals surface area contributed by atoms with Gasteiger partial charge in [-0.3, -0.25) is 0 Å². The van der Waals surface area contributed by atoms with E-state index in [1.807, 2.05) is 60.7 Å². The fraction of sp³-hybridized carbons (Fsp3) is 0. The number of nitrogens with zero attached hydrogens (tertiary/aromatic N) is 3. The van der Waals surface area contributed by atoms with Crippen molar-refractivity contribution in [3.05, 3.63) is 127 Å². The van der Waals surface area contributed by atoms with Gasteiger partial charge in [-0.15, -0.1) is 0 Å². The molecule has 0 spiro atoms. The molecule has 0 aliphatic heterocycles. The molecule has 0 saturated heterocycles. The molecule has 0 atom stereocenters. The average molecular weight is 524 g/mol. The smallest absolute Gasteiger partial charge is 0.164 e. The molecule has 2 heterocycles. The first-order chi connectivity index (χ1) is 20.3. The SMILES string of the molecule is c1ccc(-c2nc(-c3ccccc3)nc(-c3cc4ccccc4c4c5cccc6oc7cccc(c34)c7c65)n2)cc1. The second-order valence-electron chi connectivity index (χ2n) is 10.4. The van der Waals surface area contributed by atoms with E-state index in [-0.39, 0.29) is 0 Å². The van der Waals surface area contributed by atoms with Crippen molar-refractivity contribution < 1.29 is 4.42 Å². The van der Waals surface area contributed by atoms with Crippen LogP contribution in [0.5, 0.6) is 0 Å². The lowest BCUT2D eigenvalue weighted by Crippen LogP contribution is -2.01. The van der Waals surface area contributed by atoms with Crippen LogP contribution in [0, 0.1) is 0 Å². The quantitative estimate of drug-likeness (QED) is 0.216. The van der Waals surface area contributed by atoms with Crippen LogP contribution in [0.2, 0.25) is 0 Å². The molecule has 0 saturated carbocycles. The van der Waals surface area contributed by atoms with Crippen LogP contribution in [0.1, 0.15) is 0 Å². The summed E-state index contributed by atoms with van der Waals surface area (Å²) in [6, 6.07) is 43.7. The van der Waals surface area contributed by atoms with E-state index in [1.165, 1.54) is 21.5 Å². The maximum atomic E-state index is 6.36. The fourth-order valence-corrected chi connectivity index (χ4v) is 6.30. The first kappa shape index (κ1) is 22.2. The van der Waals surface area contributed by atoms with E-state index in [4.69, 9.17) is 19.4 Å². The molecule has 9 aromatic rings. The summed E-state index contributed by atoms with van der Waals surface area (Å²) in [6.45, 7) is 0. The Morgan fingerprint density at radius 2 is 0.902 bits per heavy atom. The molecular formula is C37H21N3O. The predicted molar refractivity (Wildman–Crippen MR) is 167 cm³/mol. The number of aromatic nitrogens is 3. The number of furan rings is 1. The van der Waals surface area contributed by atoms with Crippen molar-refractivity contribution in [2.24, 2.45) is 0 Å². The lowest BCUT2D eigenvalue weighted by molar-refractivity contribution is 0.669. The van der Waals surface area contributed by atoms with Crippen molar-refractivity contribution in [3.63, 3.8) is 0 Å². The van der Waals surface area contributed by atoms with Crippen molar-refractivity contribution in [3.8, 4) is 34.2 Å². The first-order valence-corrected chi connectivity index (χ1v) is 13.7. The summed E-state index contributed by atoms with van der Waals surface area (Å²) < 4.78 is 6.36. The largest absolute Gasteiger partial charge is 0.456 e. The number of hydrogen-bond acceptors (Lipinski definition) is 4. The maximum absolute atomic E-state index is 6.36. The third-order valence-electron chi connectivity index (χ3n) is 8.05. The van der Waals surface area contributed by atoms with E-state index in [0.29, 0.717) is 17.5 Å². The Labute approximate surface area is 234 Å². The second-order valence-corrected chi connectivity index (χ2v) is 10.4. The van der Waals surface area contributed by atoms with Gasteiger partial charge in [-0.2, -0.15) is 0 Å². The van der Waals surface area contributed by atoms with Crippen molar-refractivity contribution in [2.75, 3.05) is 0 Å². The molecule has 4 nitrogen and oxygen atoms in total. The molecule has 0 radical (unpaired) electrons. The molecule has 0 aliphatic rings. The Morgan fingerprint density at radius 1 is 0.390 bits per heavy atom. The molecule has 0 aliphatic carbocycles. The van der Waals surface area contributed by atoms with Gasteiger partial charge in [-0.25, -0.2) is 15.0 Å². The van der Waals surface area contributed by atoms with E-state index in [0.717, 1.165) is 49.4 Å². The Hall–Kier alpha value is -5.61. The Morgan fingerprint density at radius 3 is 1.54 bits per heavy atom. The summed E-state index contributed by atoms with van der Waals surface area (Å²) in [6.07, 6.45) is 0. The van der Waals surface area contributed by atoms with Crippen LogP contribution in [0.3, 0.4) is 0 Å². The molecule has 190 valence electrons. The van der Waals surface area contributed by atoms with E-state index >= 15 is 0 Å². The van der Waals surface area contributed by atoms with Gasteiger partial charge in [0.1, 0.15) is 11.2 Å². The zero-order chi connectivity index (χ0) is 26.9. The van der Waals surface area contributed by atoms with Gasteiger partial charge in [-0.05, 0) is 45.1 Å². The highest BCUT2D eigenvalue weighted by Gasteiger charge is 2.22. The molecular weight excluding hydrogens is 502 g/mol. The normalized spacial score (nSPS) is 11.9. The van der Waals surface area contributed by atoms with Crippen molar-refractivity contribution in [1.29, 1.82) is 0 Å². The van der Waals surface area contributed by atoms with Gasteiger partial charge >= 0.3 is 0 Å². The van der Waals surface area contributed by atoms with Crippen LogP contribution in [0.15, 0.2) is 132 Å². The van der Waals surface area contributed by atoms with E-state index in [2.05, 4.69) is 66.7 Å². The summed E-state index contributed by atoms with van der Waals surface area (Å²) in [5.74, 6) is 1.95. The lowest BCUT2D eigenvalue weighted by atomic mass is 9.88. The van der Waals surface area contributed by atoms with Crippen LogP contribution in [0.4, 0.5) is 0 Å². The highest BCUT2D eigenvalue weighted by atomic mass is 16.3. The average Bonchev–Trinajstić information content (AvgIpc) is 3.44. The van der Waals surface area contributed by atoms with E-state index in [9.17, 15) is 0 Å². The molecule has 0 bridgehead atoms. The Bertz CT molecular complexity index is 2350. The minimum absolute atomic E-state index is 0.649. The fourth-order valence-electron chi connectivity index (χ4n) is 6.30. The van der Waals surface area contributed by atoms with Crippen LogP contribution in [-0.4, -0.2) is 15.0 Å². The summed E-state index contributed by atoms with van der Waals surface area (Å²) in [5, 5.41) is 9.27. The van der Waals surface area contributed by atoms with Gasteiger partial charge < -0.3 is 4.42 Å². The maximum Gasteiger partial charge on any atom is 0.164 e. The molecule has 0 amide bonds. The summed E-state index contributed by atoms with van der Waals surface area (Å²) in [5.41, 5.74) is 4.68. The van der Waals surface area contributed by atoms with Gasteiger partial charge in [-0.1, -0.05) is 109 Å². The van der Waals surface area contributed by atoms with Gasteiger partial charge in [0, 0.05) is 32.8 Å². The molecule has 0 fully saturated rings. The first-order valence-electron chi connectivity index (χ1n) is 13.7. The summed E-state index contributed by atoms with van der Waals surface area (Å²) >= 11 is 0. The molecule has 0 N–H and O–H groups in total. The second kappa shape index (κ2) is 8.44. The highest BCUT2D eigenvalue weighted by Crippen LogP contribution is 2.47. The highest BCUT2D eigenvalue weighted by molar-refractivity contribution is 6.39. The van der Waals surface area contributed by atoms with Gasteiger partial charge in [0.15, 0.2) is 17.5 Å². The molecule has 9 rings (SSSR count). The van der Waals surface area contributed by atoms with Crippen LogP contribution >= 0.6 is 0 Å². The summed E-state index contributed by atoms with van der Waals surface area (Å²) in [4.78, 5) is 15.2. The number of rotatable bonds is 3. The minimum atomic E-state index is 0.649. The number of fused-ring (bicyclic) bond motifs is 5. The monoisotopic (exact) mass is 523 g/mol. The van der Waals surface area contributed by atoms with Gasteiger partial charge in [0.25, 0.3) is 0 Å². The van der Waals surface area contributed by atoms with Gasteiger partial charge in [0.2, 0.25) is 0 Å². The van der Waals surface area contributed by atoms with Crippen molar-refractivity contribution in [1.82, 2.24) is 15.0 Å². The van der Waals surface area contributed by atoms with E-state index in [1.54, 1.807) is 0 Å². The molecule has 0 unspecified atom stereocenters. The Balaban J connectivity index is 1.49. The third-order valence-corrected chi connectivity index (χ3v) is 8.05. The molecule has 41 heavy (non-hydrogen) atoms. The number of benzene rings is 7.